The minimum absolute atomic E-state index is 0.0748. The molecule has 10 heteroatoms. The van der Waals surface area contributed by atoms with Crippen molar-refractivity contribution in [3.05, 3.63) is 29.8 Å². The summed E-state index contributed by atoms with van der Waals surface area (Å²) in [5.41, 5.74) is -0.437. The van der Waals surface area contributed by atoms with Crippen molar-refractivity contribution in [2.45, 2.75) is 85.2 Å². The highest BCUT2D eigenvalue weighted by Gasteiger charge is 2.58. The van der Waals surface area contributed by atoms with Crippen molar-refractivity contribution in [1.82, 2.24) is 9.21 Å². The molecule has 1 aromatic rings. The summed E-state index contributed by atoms with van der Waals surface area (Å²) in [4.78, 5) is 3.22. The molecule has 0 heterocycles. The largest absolute Gasteiger partial charge is 0.503 e. The first-order chi connectivity index (χ1) is 12.8. The van der Waals surface area contributed by atoms with Gasteiger partial charge < -0.3 is 4.23 Å². The second kappa shape index (κ2) is 8.82. The normalized spacial score (nSPS) is 15.9. The van der Waals surface area contributed by atoms with Crippen LogP contribution in [-0.4, -0.2) is 41.7 Å². The van der Waals surface area contributed by atoms with Crippen LogP contribution in [-0.2, 0) is 6.18 Å². The quantitative estimate of drug-likeness (QED) is 0.275. The average Bonchev–Trinajstić information content (AvgIpc) is 2.41. The van der Waals surface area contributed by atoms with Crippen LogP contribution in [0.2, 0.25) is 39.3 Å². The fourth-order valence-electron chi connectivity index (χ4n) is 3.99. The van der Waals surface area contributed by atoms with E-state index in [9.17, 15) is 13.2 Å². The minimum atomic E-state index is -4.47. The molecule has 1 rings (SSSR count). The third kappa shape index (κ3) is 6.39. The van der Waals surface area contributed by atoms with Gasteiger partial charge in [0.15, 0.2) is 0 Å². The Morgan fingerprint density at radius 2 is 1.41 bits per heavy atom. The van der Waals surface area contributed by atoms with Crippen LogP contribution in [0.25, 0.3) is 0 Å². The van der Waals surface area contributed by atoms with Gasteiger partial charge >= 0.3 is 15.1 Å². The van der Waals surface area contributed by atoms with Gasteiger partial charge in [-0.05, 0) is 30.3 Å². The van der Waals surface area contributed by atoms with E-state index in [0.717, 1.165) is 12.1 Å². The first-order valence-corrected chi connectivity index (χ1v) is 18.7. The van der Waals surface area contributed by atoms with Gasteiger partial charge in [0.05, 0.1) is 5.56 Å². The highest BCUT2D eigenvalue weighted by molar-refractivity contribution is 7.00. The molecule has 1 atom stereocenters. The molecule has 0 spiro atoms. The standard InChI is InChI=1S/C19H37F4N3Si3/c1-15(2)24-29(23,25(16(3)4)27(5,6)7)26(28(8,9)10)18-13-11-12-17(14-18)19(20,21)22/h11-16,24H,1-10H3. The second-order valence-electron chi connectivity index (χ2n) is 10.1. The number of nitrogens with zero attached hydrogens (tertiary/aromatic N) is 2. The first kappa shape index (κ1) is 26.3. The van der Waals surface area contributed by atoms with Crippen molar-refractivity contribution in [2.24, 2.45) is 0 Å². The van der Waals surface area contributed by atoms with Gasteiger partial charge in [-0.15, -0.1) is 0 Å². The van der Waals surface area contributed by atoms with Crippen LogP contribution >= 0.6 is 0 Å². The maximum Gasteiger partial charge on any atom is 0.503 e. The monoisotopic (exact) mass is 467 g/mol. The average molecular weight is 468 g/mol. The second-order valence-corrected chi connectivity index (χ2v) is 23.0. The molecule has 0 radical (unpaired) electrons. The summed E-state index contributed by atoms with van der Waals surface area (Å²) in [6, 6.07) is 4.92. The molecule has 3 nitrogen and oxygen atoms in total. The van der Waals surface area contributed by atoms with Crippen LogP contribution in [0.15, 0.2) is 24.3 Å². The molecule has 0 bridgehead atoms. The fraction of sp³-hybridized carbons (Fsp3) is 0.684. The summed E-state index contributed by atoms with van der Waals surface area (Å²) in [5.74, 6) is 0. The molecule has 0 aromatic heterocycles. The molecule has 0 amide bonds. The van der Waals surface area contributed by atoms with E-state index < -0.39 is 37.1 Å². The van der Waals surface area contributed by atoms with E-state index in [2.05, 4.69) is 24.6 Å². The fourth-order valence-corrected chi connectivity index (χ4v) is 17.3. The van der Waals surface area contributed by atoms with Gasteiger partial charge in [0.2, 0.25) is 0 Å². The number of benzene rings is 1. The molecule has 0 fully saturated rings. The third-order valence-corrected chi connectivity index (χ3v) is 16.7. The molecule has 1 aromatic carbocycles. The maximum atomic E-state index is 17.4. The minimum Gasteiger partial charge on any atom is -0.376 e. The summed E-state index contributed by atoms with van der Waals surface area (Å²) in [6.07, 6.45) is -4.47. The summed E-state index contributed by atoms with van der Waals surface area (Å²) >= 11 is 0. The molecule has 29 heavy (non-hydrogen) atoms. The van der Waals surface area contributed by atoms with Gasteiger partial charge in [-0.2, -0.15) is 13.2 Å². The Bertz CT molecular complexity index is 685. The van der Waals surface area contributed by atoms with Gasteiger partial charge in [0.1, 0.15) is 16.5 Å². The molecule has 0 aliphatic rings. The third-order valence-electron chi connectivity index (χ3n) is 4.43. The zero-order valence-electron chi connectivity index (χ0n) is 19.4. The molecule has 1 unspecified atom stereocenters. The lowest BCUT2D eigenvalue weighted by Gasteiger charge is -2.54. The maximum absolute atomic E-state index is 17.4. The lowest BCUT2D eigenvalue weighted by molar-refractivity contribution is -0.137. The van der Waals surface area contributed by atoms with Crippen molar-refractivity contribution in [3.8, 4) is 0 Å². The summed E-state index contributed by atoms with van der Waals surface area (Å²) in [5, 5.41) is 0. The highest BCUT2D eigenvalue weighted by Crippen LogP contribution is 2.37. The summed E-state index contributed by atoms with van der Waals surface area (Å²) < 4.78 is 61.3. The number of anilines is 1. The SMILES string of the molecule is CC(C)N[Si](F)(N(c1cccc(C(F)(F)F)c1)[Si](C)(C)C)N(C(C)C)[Si](C)(C)C. The smallest absolute Gasteiger partial charge is 0.376 e. The first-order valence-electron chi connectivity index (χ1n) is 10.1. The van der Waals surface area contributed by atoms with Crippen molar-refractivity contribution in [1.29, 1.82) is 0 Å². The van der Waals surface area contributed by atoms with Crippen LogP contribution < -0.4 is 9.21 Å². The van der Waals surface area contributed by atoms with Crippen LogP contribution in [0.3, 0.4) is 0 Å². The van der Waals surface area contributed by atoms with Gasteiger partial charge in [-0.3, -0.25) is 9.21 Å². The van der Waals surface area contributed by atoms with Crippen molar-refractivity contribution in [2.75, 3.05) is 4.23 Å². The number of nitrogens with one attached hydrogen (secondary N) is 1. The predicted octanol–water partition coefficient (Wildman–Crippen LogP) is 6.30. The molecule has 0 saturated heterocycles. The van der Waals surface area contributed by atoms with Crippen LogP contribution in [0.1, 0.15) is 33.3 Å². The van der Waals surface area contributed by atoms with Gasteiger partial charge in [0, 0.05) is 5.69 Å². The van der Waals surface area contributed by atoms with E-state index in [1.54, 1.807) is 10.3 Å². The highest BCUT2D eigenvalue weighted by atomic mass is 28.5. The Morgan fingerprint density at radius 3 is 1.76 bits per heavy atom. The molecular formula is C19H37F4N3Si3. The number of halogens is 4. The Balaban J connectivity index is 3.83. The molecule has 1 N–H and O–H groups in total. The van der Waals surface area contributed by atoms with Crippen LogP contribution in [0.4, 0.5) is 23.0 Å². The summed E-state index contributed by atoms with van der Waals surface area (Å²) in [6.45, 7) is 19.9. The lowest BCUT2D eigenvalue weighted by Crippen LogP contribution is -2.82. The van der Waals surface area contributed by atoms with Crippen molar-refractivity contribution in [3.63, 3.8) is 0 Å². The molecule has 168 valence electrons. The zero-order chi connectivity index (χ0) is 23.0. The van der Waals surface area contributed by atoms with E-state index >= 15 is 4.11 Å². The van der Waals surface area contributed by atoms with Crippen molar-refractivity contribution < 1.29 is 17.3 Å². The van der Waals surface area contributed by atoms with Gasteiger partial charge in [0.25, 0.3) is 0 Å². The lowest BCUT2D eigenvalue weighted by atomic mass is 10.2. The van der Waals surface area contributed by atoms with Crippen LogP contribution in [0.5, 0.6) is 0 Å². The topological polar surface area (TPSA) is 18.5 Å². The van der Waals surface area contributed by atoms with Crippen LogP contribution in [0, 0.1) is 0 Å². The Kier molecular flexibility index (Phi) is 8.01. The zero-order valence-corrected chi connectivity index (χ0v) is 22.4. The number of hydrogen-bond acceptors (Lipinski definition) is 3. The Hall–Kier alpha value is -0.689. The van der Waals surface area contributed by atoms with E-state index in [1.165, 1.54) is 6.07 Å². The van der Waals surface area contributed by atoms with E-state index in [1.807, 2.05) is 51.6 Å². The number of hydrogen-bond donors (Lipinski definition) is 1. The van der Waals surface area contributed by atoms with Gasteiger partial charge in [-0.1, -0.05) is 73.0 Å². The van der Waals surface area contributed by atoms with E-state index in [0.29, 0.717) is 5.69 Å². The predicted molar refractivity (Wildman–Crippen MR) is 123 cm³/mol. The van der Waals surface area contributed by atoms with E-state index in [4.69, 9.17) is 0 Å². The number of alkyl halides is 3. The molecule has 0 saturated carbocycles. The molecule has 0 aliphatic heterocycles. The van der Waals surface area contributed by atoms with Gasteiger partial charge in [-0.25, -0.2) is 4.11 Å². The Morgan fingerprint density at radius 1 is 0.897 bits per heavy atom. The number of rotatable bonds is 8. The molecule has 0 aliphatic carbocycles. The Labute approximate surface area is 177 Å². The van der Waals surface area contributed by atoms with E-state index in [-0.39, 0.29) is 12.1 Å². The van der Waals surface area contributed by atoms with Crippen molar-refractivity contribution >= 4 is 31.1 Å². The molecular weight excluding hydrogens is 430 g/mol. The summed E-state index contributed by atoms with van der Waals surface area (Å²) in [7, 11) is -8.64.